The maximum atomic E-state index is 10.2. The number of aliphatic hydroxyl groups excluding tert-OH is 1. The Balaban J connectivity index is 1.81. The van der Waals surface area contributed by atoms with E-state index in [0.29, 0.717) is 24.1 Å². The van der Waals surface area contributed by atoms with Crippen LogP contribution in [0.2, 0.25) is 5.02 Å². The number of hydrogen-bond acceptors (Lipinski definition) is 5. The molecular weight excluding hydrogens is 388 g/mol. The number of nitrogens with one attached hydrogen (secondary N) is 1. The third kappa shape index (κ3) is 8.23. The summed E-state index contributed by atoms with van der Waals surface area (Å²) in [4.78, 5) is 2.09. The lowest BCUT2D eigenvalue weighted by atomic mass is 10.1. The molecule has 0 aromatic heterocycles. The molecule has 0 fully saturated rings. The summed E-state index contributed by atoms with van der Waals surface area (Å²) in [5.74, 6) is 1.31. The van der Waals surface area contributed by atoms with Crippen LogP contribution in [-0.4, -0.2) is 56.0 Å². The summed E-state index contributed by atoms with van der Waals surface area (Å²) < 4.78 is 11.3. The average molecular weight is 421 g/mol. The van der Waals surface area contributed by atoms with Crippen molar-refractivity contribution in [2.45, 2.75) is 39.0 Å². The van der Waals surface area contributed by atoms with E-state index in [0.717, 1.165) is 30.1 Å². The van der Waals surface area contributed by atoms with Crippen molar-refractivity contribution in [2.24, 2.45) is 0 Å². The van der Waals surface area contributed by atoms with Crippen LogP contribution in [0.3, 0.4) is 0 Å². The van der Waals surface area contributed by atoms with E-state index in [1.165, 1.54) is 5.56 Å². The number of hydrogen-bond donors (Lipinski definition) is 2. The first-order valence-corrected chi connectivity index (χ1v) is 10.4. The van der Waals surface area contributed by atoms with Gasteiger partial charge >= 0.3 is 0 Å². The Labute approximate surface area is 179 Å². The molecule has 2 aromatic rings. The number of aliphatic hydroxyl groups is 1. The minimum Gasteiger partial charge on any atom is -0.493 e. The van der Waals surface area contributed by atoms with E-state index in [4.69, 9.17) is 21.1 Å². The third-order valence-electron chi connectivity index (χ3n) is 4.85. The molecule has 0 bridgehead atoms. The molecule has 0 unspecified atom stereocenters. The van der Waals surface area contributed by atoms with Crippen LogP contribution in [0.5, 0.6) is 11.5 Å². The number of rotatable bonds is 12. The van der Waals surface area contributed by atoms with E-state index in [-0.39, 0.29) is 6.61 Å². The molecule has 0 aliphatic rings. The molecule has 2 N–H and O–H groups in total. The Morgan fingerprint density at radius 2 is 1.90 bits per heavy atom. The predicted octanol–water partition coefficient (Wildman–Crippen LogP) is 3.76. The van der Waals surface area contributed by atoms with E-state index in [2.05, 4.69) is 30.1 Å². The highest BCUT2D eigenvalue weighted by molar-refractivity contribution is 6.30. The molecule has 29 heavy (non-hydrogen) atoms. The number of likely N-dealkylation sites (N-methyl/N-ethyl adjacent to an activating group) is 1. The van der Waals surface area contributed by atoms with E-state index < -0.39 is 6.10 Å². The first kappa shape index (κ1) is 23.5. The van der Waals surface area contributed by atoms with Crippen molar-refractivity contribution < 1.29 is 14.6 Å². The van der Waals surface area contributed by atoms with Gasteiger partial charge < -0.3 is 24.8 Å². The summed E-state index contributed by atoms with van der Waals surface area (Å²) in [5.41, 5.74) is 2.33. The Kier molecular flexibility index (Phi) is 9.74. The summed E-state index contributed by atoms with van der Waals surface area (Å²) in [7, 11) is 3.62. The van der Waals surface area contributed by atoms with Crippen LogP contribution in [-0.2, 0) is 13.0 Å². The first-order chi connectivity index (χ1) is 13.9. The Morgan fingerprint density at radius 1 is 1.10 bits per heavy atom. The van der Waals surface area contributed by atoms with Crippen molar-refractivity contribution in [1.29, 1.82) is 0 Å². The molecule has 2 aromatic carbocycles. The maximum Gasteiger partial charge on any atom is 0.161 e. The minimum atomic E-state index is -0.556. The summed E-state index contributed by atoms with van der Waals surface area (Å²) in [5, 5.41) is 14.4. The Bertz CT molecular complexity index is 755. The number of methoxy groups -OCH3 is 1. The van der Waals surface area contributed by atoms with E-state index in [9.17, 15) is 5.11 Å². The van der Waals surface area contributed by atoms with Gasteiger partial charge in [-0.1, -0.05) is 29.8 Å². The summed E-state index contributed by atoms with van der Waals surface area (Å²) in [6.45, 7) is 6.57. The quantitative estimate of drug-likeness (QED) is 0.512. The molecule has 2 rings (SSSR count). The van der Waals surface area contributed by atoms with Gasteiger partial charge in [-0.2, -0.15) is 0 Å². The van der Waals surface area contributed by atoms with E-state index >= 15 is 0 Å². The van der Waals surface area contributed by atoms with Gasteiger partial charge in [0.15, 0.2) is 11.5 Å². The van der Waals surface area contributed by atoms with E-state index in [1.54, 1.807) is 7.11 Å². The molecule has 0 spiro atoms. The van der Waals surface area contributed by atoms with Gasteiger partial charge in [-0.05, 0) is 69.3 Å². The van der Waals surface area contributed by atoms with Crippen molar-refractivity contribution in [3.63, 3.8) is 0 Å². The fraction of sp³-hybridized carbons (Fsp3) is 0.478. The zero-order valence-corrected chi connectivity index (χ0v) is 18.6. The largest absolute Gasteiger partial charge is 0.493 e. The van der Waals surface area contributed by atoms with Crippen LogP contribution in [0, 0.1) is 0 Å². The predicted molar refractivity (Wildman–Crippen MR) is 119 cm³/mol. The number of nitrogens with zero attached hydrogens (tertiary/aromatic N) is 1. The monoisotopic (exact) mass is 420 g/mol. The van der Waals surface area contributed by atoms with Gasteiger partial charge in [0.25, 0.3) is 0 Å². The van der Waals surface area contributed by atoms with Crippen molar-refractivity contribution in [1.82, 2.24) is 10.2 Å². The Hall–Kier alpha value is -1.79. The SMILES string of the molecule is COc1cc(CNCCc2cccc(Cl)c2)ccc1OC[C@H](O)CN(C)C(C)C. The molecule has 0 saturated heterocycles. The lowest BCUT2D eigenvalue weighted by Gasteiger charge is -2.24. The highest BCUT2D eigenvalue weighted by atomic mass is 35.5. The van der Waals surface area contributed by atoms with Crippen LogP contribution >= 0.6 is 11.6 Å². The molecule has 160 valence electrons. The second-order valence-corrected chi connectivity index (χ2v) is 7.98. The van der Waals surface area contributed by atoms with Crippen LogP contribution in [0.15, 0.2) is 42.5 Å². The summed E-state index contributed by atoms with van der Waals surface area (Å²) in [6, 6.07) is 14.2. The van der Waals surface area contributed by atoms with Gasteiger partial charge in [-0.15, -0.1) is 0 Å². The average Bonchev–Trinajstić information content (AvgIpc) is 2.70. The van der Waals surface area contributed by atoms with Crippen molar-refractivity contribution in [2.75, 3.05) is 33.9 Å². The van der Waals surface area contributed by atoms with Gasteiger partial charge in [0.2, 0.25) is 0 Å². The van der Waals surface area contributed by atoms with Crippen LogP contribution in [0.25, 0.3) is 0 Å². The topological polar surface area (TPSA) is 54.0 Å². The van der Waals surface area contributed by atoms with Gasteiger partial charge in [0.1, 0.15) is 12.7 Å². The highest BCUT2D eigenvalue weighted by Gasteiger charge is 2.13. The zero-order chi connectivity index (χ0) is 21.2. The van der Waals surface area contributed by atoms with Crippen LogP contribution < -0.4 is 14.8 Å². The highest BCUT2D eigenvalue weighted by Crippen LogP contribution is 2.28. The molecule has 1 atom stereocenters. The smallest absolute Gasteiger partial charge is 0.161 e. The van der Waals surface area contributed by atoms with Gasteiger partial charge in [-0.3, -0.25) is 0 Å². The molecule has 0 amide bonds. The summed E-state index contributed by atoms with van der Waals surface area (Å²) in [6.07, 6.45) is 0.363. The van der Waals surface area contributed by atoms with Crippen molar-refractivity contribution in [3.05, 3.63) is 58.6 Å². The van der Waals surface area contributed by atoms with E-state index in [1.807, 2.05) is 43.4 Å². The zero-order valence-electron chi connectivity index (χ0n) is 17.8. The number of benzene rings is 2. The molecular formula is C23H33ClN2O3. The maximum absolute atomic E-state index is 10.2. The van der Waals surface area contributed by atoms with Gasteiger partial charge in [-0.25, -0.2) is 0 Å². The molecule has 6 heteroatoms. The molecule has 0 heterocycles. The van der Waals surface area contributed by atoms with Gasteiger partial charge in [0, 0.05) is 24.2 Å². The number of halogens is 1. The Morgan fingerprint density at radius 3 is 2.59 bits per heavy atom. The van der Waals surface area contributed by atoms with Gasteiger partial charge in [0.05, 0.1) is 7.11 Å². The lowest BCUT2D eigenvalue weighted by molar-refractivity contribution is 0.0668. The lowest BCUT2D eigenvalue weighted by Crippen LogP contribution is -2.36. The van der Waals surface area contributed by atoms with Crippen molar-refractivity contribution >= 4 is 11.6 Å². The van der Waals surface area contributed by atoms with Crippen LogP contribution in [0.4, 0.5) is 0 Å². The fourth-order valence-corrected chi connectivity index (χ4v) is 3.09. The molecule has 0 saturated carbocycles. The molecule has 0 radical (unpaired) electrons. The second kappa shape index (κ2) is 12.0. The second-order valence-electron chi connectivity index (χ2n) is 7.54. The molecule has 0 aliphatic carbocycles. The molecule has 0 aliphatic heterocycles. The normalized spacial score (nSPS) is 12.4. The van der Waals surface area contributed by atoms with Crippen LogP contribution in [0.1, 0.15) is 25.0 Å². The summed E-state index contributed by atoms with van der Waals surface area (Å²) >= 11 is 6.02. The minimum absolute atomic E-state index is 0.227. The third-order valence-corrected chi connectivity index (χ3v) is 5.08. The number of ether oxygens (including phenoxy) is 2. The van der Waals surface area contributed by atoms with Crippen molar-refractivity contribution in [3.8, 4) is 11.5 Å². The fourth-order valence-electron chi connectivity index (χ4n) is 2.88. The first-order valence-electron chi connectivity index (χ1n) is 10.0. The molecule has 5 nitrogen and oxygen atoms in total. The standard InChI is InChI=1S/C23H33ClN2O3/c1-17(2)26(3)15-21(27)16-29-22-9-8-19(13-23(22)28-4)14-25-11-10-18-6-5-7-20(24)12-18/h5-9,12-13,17,21,25,27H,10-11,14-16H2,1-4H3/t21-/m1/s1.